The molecular formula is C16H18N2O2. The Labute approximate surface area is 117 Å². The van der Waals surface area contributed by atoms with Crippen LogP contribution >= 0.6 is 0 Å². The number of ketones is 1. The Morgan fingerprint density at radius 2 is 2.05 bits per heavy atom. The Morgan fingerprint density at radius 3 is 2.75 bits per heavy atom. The first-order valence-corrected chi connectivity index (χ1v) is 7.32. The number of nitrogens with zero attached hydrogens (tertiary/aromatic N) is 2. The van der Waals surface area contributed by atoms with Gasteiger partial charge in [0.05, 0.1) is 0 Å². The summed E-state index contributed by atoms with van der Waals surface area (Å²) in [6, 6.07) is 6.17. The summed E-state index contributed by atoms with van der Waals surface area (Å²) in [4.78, 5) is 18.2. The van der Waals surface area contributed by atoms with E-state index >= 15 is 0 Å². The van der Waals surface area contributed by atoms with Gasteiger partial charge in [-0.15, -0.1) is 0 Å². The number of aromatic nitrogens is 1. The molecule has 0 unspecified atom stereocenters. The van der Waals surface area contributed by atoms with Crippen molar-refractivity contribution in [3.63, 3.8) is 0 Å². The molecule has 4 nitrogen and oxygen atoms in total. The molecule has 4 rings (SSSR count). The Bertz CT molecular complexity index is 675. The number of oxazole rings is 1. The van der Waals surface area contributed by atoms with E-state index < -0.39 is 0 Å². The maximum absolute atomic E-state index is 11.4. The summed E-state index contributed by atoms with van der Waals surface area (Å²) in [6.45, 7) is 3.70. The average Bonchev–Trinajstić information content (AvgIpc) is 3.02. The van der Waals surface area contributed by atoms with Crippen LogP contribution in [0.3, 0.4) is 0 Å². The van der Waals surface area contributed by atoms with Crippen LogP contribution in [-0.2, 0) is 0 Å². The van der Waals surface area contributed by atoms with E-state index in [2.05, 4.69) is 9.88 Å². The molecule has 20 heavy (non-hydrogen) atoms. The molecule has 1 aliphatic carbocycles. The quantitative estimate of drug-likeness (QED) is 0.784. The van der Waals surface area contributed by atoms with Gasteiger partial charge >= 0.3 is 0 Å². The predicted octanol–water partition coefficient (Wildman–Crippen LogP) is 3.41. The smallest absolute Gasteiger partial charge is 0.298 e. The van der Waals surface area contributed by atoms with Gasteiger partial charge in [-0.05, 0) is 38.0 Å². The average molecular weight is 270 g/mol. The van der Waals surface area contributed by atoms with Gasteiger partial charge in [-0.2, -0.15) is 4.98 Å². The van der Waals surface area contributed by atoms with Crippen LogP contribution < -0.4 is 4.90 Å². The lowest BCUT2D eigenvalue weighted by Crippen LogP contribution is -2.55. The highest BCUT2D eigenvalue weighted by atomic mass is 16.4. The number of rotatable bonds is 2. The molecule has 0 atom stereocenters. The molecule has 1 spiro atoms. The SMILES string of the molecule is CC(=O)c1ccc2nc(N3CC4(CCCC4)C3)oc2c1. The zero-order valence-corrected chi connectivity index (χ0v) is 11.7. The molecular weight excluding hydrogens is 252 g/mol. The zero-order chi connectivity index (χ0) is 13.7. The van der Waals surface area contributed by atoms with E-state index in [-0.39, 0.29) is 5.78 Å². The number of benzene rings is 1. The van der Waals surface area contributed by atoms with Crippen molar-refractivity contribution in [2.24, 2.45) is 5.41 Å². The molecule has 0 radical (unpaired) electrons. The molecule has 1 aromatic heterocycles. The Morgan fingerprint density at radius 1 is 1.30 bits per heavy atom. The maximum atomic E-state index is 11.4. The number of hydrogen-bond acceptors (Lipinski definition) is 4. The summed E-state index contributed by atoms with van der Waals surface area (Å²) < 4.78 is 5.83. The van der Waals surface area contributed by atoms with Gasteiger partial charge in [-0.25, -0.2) is 0 Å². The van der Waals surface area contributed by atoms with Gasteiger partial charge in [0, 0.05) is 24.1 Å². The molecule has 1 aliphatic heterocycles. The fourth-order valence-electron chi connectivity index (χ4n) is 3.61. The number of carbonyl (C=O) groups excluding carboxylic acids is 1. The summed E-state index contributed by atoms with van der Waals surface area (Å²) in [5.74, 6) is 0.0544. The largest absolute Gasteiger partial charge is 0.423 e. The third kappa shape index (κ3) is 1.74. The molecule has 4 heteroatoms. The molecule has 1 saturated carbocycles. The van der Waals surface area contributed by atoms with Crippen molar-refractivity contribution in [2.45, 2.75) is 32.6 Å². The van der Waals surface area contributed by atoms with E-state index in [4.69, 9.17) is 4.42 Å². The van der Waals surface area contributed by atoms with E-state index in [1.165, 1.54) is 25.7 Å². The molecule has 2 aliphatic rings. The Hall–Kier alpha value is -1.84. The van der Waals surface area contributed by atoms with Gasteiger partial charge < -0.3 is 9.32 Å². The van der Waals surface area contributed by atoms with E-state index in [1.807, 2.05) is 12.1 Å². The molecule has 1 saturated heterocycles. The topological polar surface area (TPSA) is 46.3 Å². The van der Waals surface area contributed by atoms with Gasteiger partial charge in [0.15, 0.2) is 11.4 Å². The number of Topliss-reactive ketones (excluding diaryl/α,β-unsaturated/α-hetero) is 1. The van der Waals surface area contributed by atoms with Gasteiger partial charge in [-0.1, -0.05) is 12.8 Å². The number of anilines is 1. The van der Waals surface area contributed by atoms with Crippen LogP contribution in [0.5, 0.6) is 0 Å². The zero-order valence-electron chi connectivity index (χ0n) is 11.7. The Kier molecular flexibility index (Phi) is 2.43. The first-order valence-electron chi connectivity index (χ1n) is 7.32. The highest BCUT2D eigenvalue weighted by Crippen LogP contribution is 2.47. The minimum Gasteiger partial charge on any atom is -0.423 e. The molecule has 104 valence electrons. The lowest BCUT2D eigenvalue weighted by atomic mass is 9.79. The summed E-state index contributed by atoms with van der Waals surface area (Å²) in [6.07, 6.45) is 5.42. The second kappa shape index (κ2) is 4.08. The van der Waals surface area contributed by atoms with Gasteiger partial charge in [0.25, 0.3) is 6.01 Å². The lowest BCUT2D eigenvalue weighted by molar-refractivity contribution is 0.101. The van der Waals surface area contributed by atoms with Gasteiger partial charge in [-0.3, -0.25) is 4.79 Å². The van der Waals surface area contributed by atoms with Crippen molar-refractivity contribution < 1.29 is 9.21 Å². The maximum Gasteiger partial charge on any atom is 0.298 e. The number of fused-ring (bicyclic) bond motifs is 1. The molecule has 0 bridgehead atoms. The van der Waals surface area contributed by atoms with Crippen LogP contribution in [0.2, 0.25) is 0 Å². The first kappa shape index (κ1) is 11.9. The van der Waals surface area contributed by atoms with E-state index in [9.17, 15) is 4.79 Å². The second-order valence-corrected chi connectivity index (χ2v) is 6.30. The molecule has 0 amide bonds. The number of hydrogen-bond donors (Lipinski definition) is 0. The standard InChI is InChI=1S/C16H18N2O2/c1-11(19)12-4-5-13-14(8-12)20-15(17-13)18-9-16(10-18)6-2-3-7-16/h4-5,8H,2-3,6-7,9-10H2,1H3. The van der Waals surface area contributed by atoms with E-state index in [0.29, 0.717) is 22.6 Å². The Balaban J connectivity index is 1.60. The van der Waals surface area contributed by atoms with Gasteiger partial charge in [0.1, 0.15) is 5.52 Å². The summed E-state index contributed by atoms with van der Waals surface area (Å²) >= 11 is 0. The second-order valence-electron chi connectivity index (χ2n) is 6.30. The fraction of sp³-hybridized carbons (Fsp3) is 0.500. The van der Waals surface area contributed by atoms with Gasteiger partial charge in [0.2, 0.25) is 0 Å². The van der Waals surface area contributed by atoms with Crippen LogP contribution in [0, 0.1) is 5.41 Å². The van der Waals surface area contributed by atoms with Crippen LogP contribution in [-0.4, -0.2) is 23.9 Å². The highest BCUT2D eigenvalue weighted by Gasteiger charge is 2.46. The summed E-state index contributed by atoms with van der Waals surface area (Å²) in [5.41, 5.74) is 2.75. The third-order valence-corrected chi connectivity index (χ3v) is 4.77. The minimum atomic E-state index is 0.0544. The van der Waals surface area contributed by atoms with Crippen molar-refractivity contribution in [1.82, 2.24) is 4.98 Å². The van der Waals surface area contributed by atoms with Crippen molar-refractivity contribution in [3.8, 4) is 0 Å². The van der Waals surface area contributed by atoms with E-state index in [1.54, 1.807) is 13.0 Å². The summed E-state index contributed by atoms with van der Waals surface area (Å²) in [5, 5.41) is 0. The molecule has 2 heterocycles. The van der Waals surface area contributed by atoms with E-state index in [0.717, 1.165) is 18.6 Å². The van der Waals surface area contributed by atoms with Crippen molar-refractivity contribution >= 4 is 22.9 Å². The van der Waals surface area contributed by atoms with Crippen LogP contribution in [0.25, 0.3) is 11.1 Å². The summed E-state index contributed by atoms with van der Waals surface area (Å²) in [7, 11) is 0. The molecule has 1 aromatic carbocycles. The molecule has 2 aromatic rings. The monoisotopic (exact) mass is 270 g/mol. The van der Waals surface area contributed by atoms with Crippen LogP contribution in [0.1, 0.15) is 43.0 Å². The minimum absolute atomic E-state index is 0.0544. The molecule has 2 fully saturated rings. The van der Waals surface area contributed by atoms with Crippen molar-refractivity contribution in [1.29, 1.82) is 0 Å². The predicted molar refractivity (Wildman–Crippen MR) is 77.1 cm³/mol. The fourth-order valence-corrected chi connectivity index (χ4v) is 3.61. The highest BCUT2D eigenvalue weighted by molar-refractivity contribution is 5.97. The molecule has 0 N–H and O–H groups in total. The number of carbonyl (C=O) groups is 1. The normalized spacial score (nSPS) is 20.6. The van der Waals surface area contributed by atoms with Crippen LogP contribution in [0.4, 0.5) is 6.01 Å². The van der Waals surface area contributed by atoms with Crippen molar-refractivity contribution in [3.05, 3.63) is 23.8 Å². The first-order chi connectivity index (χ1) is 9.65. The lowest BCUT2D eigenvalue weighted by Gasteiger charge is -2.47. The third-order valence-electron chi connectivity index (χ3n) is 4.77. The van der Waals surface area contributed by atoms with Crippen LogP contribution in [0.15, 0.2) is 22.6 Å². The van der Waals surface area contributed by atoms with Crippen molar-refractivity contribution in [2.75, 3.05) is 18.0 Å².